The van der Waals surface area contributed by atoms with E-state index in [1.807, 2.05) is 0 Å². The molecule has 0 amide bonds. The second kappa shape index (κ2) is 4.61. The first-order chi connectivity index (χ1) is 8.38. The zero-order chi connectivity index (χ0) is 13.3. The zero-order valence-electron chi connectivity index (χ0n) is 9.00. The molecule has 0 atom stereocenters. The molecule has 18 heavy (non-hydrogen) atoms. The molecule has 0 unspecified atom stereocenters. The topological polar surface area (TPSA) is 38.9 Å². The first-order valence-electron chi connectivity index (χ1n) is 4.96. The average molecular weight is 317 g/mol. The summed E-state index contributed by atoms with van der Waals surface area (Å²) in [6.07, 6.45) is -2.96. The predicted octanol–water partition coefficient (Wildman–Crippen LogP) is 4.11. The number of anilines is 1. The van der Waals surface area contributed by atoms with Gasteiger partial charge in [0.1, 0.15) is 0 Å². The molecule has 1 aromatic heterocycles. The summed E-state index contributed by atoms with van der Waals surface area (Å²) in [7, 11) is 0. The van der Waals surface area contributed by atoms with Crippen LogP contribution in [-0.4, -0.2) is 4.98 Å². The Labute approximate surface area is 110 Å². The van der Waals surface area contributed by atoms with E-state index in [4.69, 9.17) is 5.73 Å². The Hall–Kier alpha value is -1.56. The van der Waals surface area contributed by atoms with Gasteiger partial charge in [-0.05, 0) is 34.1 Å². The molecule has 0 bridgehead atoms. The number of aromatic nitrogens is 1. The predicted molar refractivity (Wildman–Crippen MR) is 66.8 cm³/mol. The van der Waals surface area contributed by atoms with Crippen LogP contribution in [0.5, 0.6) is 0 Å². The molecule has 0 aliphatic carbocycles. The van der Waals surface area contributed by atoms with Crippen LogP contribution in [0, 0.1) is 0 Å². The highest BCUT2D eigenvalue weighted by Crippen LogP contribution is 2.32. The van der Waals surface area contributed by atoms with Gasteiger partial charge in [-0.15, -0.1) is 0 Å². The molecule has 2 nitrogen and oxygen atoms in total. The van der Waals surface area contributed by atoms with Gasteiger partial charge in [0.25, 0.3) is 0 Å². The van der Waals surface area contributed by atoms with E-state index in [-0.39, 0.29) is 0 Å². The number of nitrogens with zero attached hydrogens (tertiary/aromatic N) is 1. The molecule has 0 aliphatic rings. The van der Waals surface area contributed by atoms with Crippen LogP contribution in [-0.2, 0) is 6.18 Å². The second-order valence-electron chi connectivity index (χ2n) is 3.67. The molecule has 2 N–H and O–H groups in total. The van der Waals surface area contributed by atoms with Crippen LogP contribution in [0.15, 0.2) is 41.0 Å². The van der Waals surface area contributed by atoms with Crippen molar-refractivity contribution in [1.82, 2.24) is 4.98 Å². The van der Waals surface area contributed by atoms with Gasteiger partial charge in [0.15, 0.2) is 0 Å². The van der Waals surface area contributed by atoms with Crippen LogP contribution >= 0.6 is 15.9 Å². The van der Waals surface area contributed by atoms with E-state index >= 15 is 0 Å². The highest BCUT2D eigenvalue weighted by Gasteiger charge is 2.30. The van der Waals surface area contributed by atoms with Crippen molar-refractivity contribution in [2.75, 3.05) is 5.73 Å². The van der Waals surface area contributed by atoms with E-state index in [9.17, 15) is 13.2 Å². The van der Waals surface area contributed by atoms with Gasteiger partial charge < -0.3 is 5.73 Å². The lowest BCUT2D eigenvalue weighted by molar-refractivity contribution is -0.137. The molecule has 0 aliphatic heterocycles. The summed E-state index contributed by atoms with van der Waals surface area (Å²) < 4.78 is 38.3. The van der Waals surface area contributed by atoms with Gasteiger partial charge in [-0.3, -0.25) is 4.98 Å². The number of hydrogen-bond acceptors (Lipinski definition) is 2. The van der Waals surface area contributed by atoms with Gasteiger partial charge in [-0.25, -0.2) is 0 Å². The zero-order valence-corrected chi connectivity index (χ0v) is 10.6. The van der Waals surface area contributed by atoms with Crippen LogP contribution in [0.1, 0.15) is 5.56 Å². The van der Waals surface area contributed by atoms with Crippen molar-refractivity contribution in [2.24, 2.45) is 0 Å². The molecule has 2 aromatic rings. The summed E-state index contributed by atoms with van der Waals surface area (Å²) in [6, 6.07) is 6.59. The molecule has 1 aromatic carbocycles. The Balaban J connectivity index is 2.48. The Bertz CT molecular complexity index is 582. The molecule has 1 heterocycles. The fourth-order valence-electron chi connectivity index (χ4n) is 1.45. The fourth-order valence-corrected chi connectivity index (χ4v) is 1.77. The normalized spacial score (nSPS) is 11.6. The average Bonchev–Trinajstić information content (AvgIpc) is 2.32. The van der Waals surface area contributed by atoms with Crippen LogP contribution in [0.25, 0.3) is 11.3 Å². The molecule has 94 valence electrons. The minimum absolute atomic E-state index is 0.394. The number of pyridine rings is 1. The van der Waals surface area contributed by atoms with Crippen LogP contribution in [0.4, 0.5) is 18.9 Å². The van der Waals surface area contributed by atoms with Gasteiger partial charge in [-0.2, -0.15) is 13.2 Å². The van der Waals surface area contributed by atoms with Gasteiger partial charge in [0.2, 0.25) is 0 Å². The number of nitrogen functional groups attached to an aromatic ring is 1. The summed E-state index contributed by atoms with van der Waals surface area (Å²) in [5, 5.41) is 0. The fraction of sp³-hybridized carbons (Fsp3) is 0.0833. The Morgan fingerprint density at radius 3 is 2.50 bits per heavy atom. The maximum Gasteiger partial charge on any atom is 0.416 e. The van der Waals surface area contributed by atoms with Gasteiger partial charge in [-0.1, -0.05) is 12.1 Å². The molecule has 0 radical (unpaired) electrons. The van der Waals surface area contributed by atoms with Crippen molar-refractivity contribution in [3.8, 4) is 11.3 Å². The molecule has 2 rings (SSSR count). The van der Waals surface area contributed by atoms with E-state index in [0.717, 1.165) is 12.1 Å². The summed E-state index contributed by atoms with van der Waals surface area (Å²) in [4.78, 5) is 4.01. The first-order valence-corrected chi connectivity index (χ1v) is 5.76. The maximum absolute atomic E-state index is 12.6. The number of rotatable bonds is 1. The largest absolute Gasteiger partial charge is 0.416 e. The number of alkyl halides is 3. The summed E-state index contributed by atoms with van der Waals surface area (Å²) in [6.45, 7) is 0. The minimum atomic E-state index is -4.36. The number of halogens is 4. The Morgan fingerprint density at radius 2 is 1.89 bits per heavy atom. The van der Waals surface area contributed by atoms with Crippen LogP contribution < -0.4 is 5.73 Å². The van der Waals surface area contributed by atoms with Crippen LogP contribution in [0.2, 0.25) is 0 Å². The third kappa shape index (κ3) is 2.64. The molecular weight excluding hydrogens is 309 g/mol. The van der Waals surface area contributed by atoms with Crippen LogP contribution in [0.3, 0.4) is 0 Å². The summed E-state index contributed by atoms with van der Waals surface area (Å²) in [5.74, 6) is 0. The number of benzene rings is 1. The molecule has 6 heteroatoms. The third-order valence-corrected chi connectivity index (χ3v) is 3.05. The number of hydrogen-bond donors (Lipinski definition) is 1. The van der Waals surface area contributed by atoms with Gasteiger partial charge in [0.05, 0.1) is 23.1 Å². The third-order valence-electron chi connectivity index (χ3n) is 2.37. The van der Waals surface area contributed by atoms with Crippen molar-refractivity contribution in [3.05, 3.63) is 46.6 Å². The monoisotopic (exact) mass is 316 g/mol. The molecular formula is C12H8BrF3N2. The van der Waals surface area contributed by atoms with Crippen molar-refractivity contribution in [1.29, 1.82) is 0 Å². The molecule has 0 spiro atoms. The van der Waals surface area contributed by atoms with E-state index < -0.39 is 11.7 Å². The van der Waals surface area contributed by atoms with Crippen molar-refractivity contribution >= 4 is 21.6 Å². The molecule has 0 saturated carbocycles. The second-order valence-corrected chi connectivity index (χ2v) is 4.52. The van der Waals surface area contributed by atoms with E-state index in [1.165, 1.54) is 12.3 Å². The lowest BCUT2D eigenvalue weighted by Gasteiger charge is -2.09. The standard InChI is InChI=1S/C12H8BrF3N2/c13-9-5-11(18-6-10(9)17)7-2-1-3-8(4-7)12(14,15)16/h1-6H,17H2. The SMILES string of the molecule is Nc1cnc(-c2cccc(C(F)(F)F)c2)cc1Br. The van der Waals surface area contributed by atoms with E-state index in [1.54, 1.807) is 12.1 Å². The highest BCUT2D eigenvalue weighted by atomic mass is 79.9. The Morgan fingerprint density at radius 1 is 1.17 bits per heavy atom. The Kier molecular flexibility index (Phi) is 3.30. The maximum atomic E-state index is 12.6. The smallest absolute Gasteiger partial charge is 0.397 e. The number of nitrogens with two attached hydrogens (primary N) is 1. The summed E-state index contributed by atoms with van der Waals surface area (Å²) >= 11 is 3.21. The van der Waals surface area contributed by atoms with Gasteiger partial charge in [0, 0.05) is 10.0 Å². The first kappa shape index (κ1) is 12.9. The molecule has 0 fully saturated rings. The lowest BCUT2D eigenvalue weighted by Crippen LogP contribution is -2.04. The summed E-state index contributed by atoms with van der Waals surface area (Å²) in [5.41, 5.74) is 6.14. The van der Waals surface area contributed by atoms with Crippen molar-refractivity contribution in [2.45, 2.75) is 6.18 Å². The molecule has 0 saturated heterocycles. The van der Waals surface area contributed by atoms with Crippen molar-refractivity contribution < 1.29 is 13.2 Å². The highest BCUT2D eigenvalue weighted by molar-refractivity contribution is 9.10. The van der Waals surface area contributed by atoms with Crippen molar-refractivity contribution in [3.63, 3.8) is 0 Å². The minimum Gasteiger partial charge on any atom is -0.397 e. The van der Waals surface area contributed by atoms with E-state index in [0.29, 0.717) is 21.4 Å². The quantitative estimate of drug-likeness (QED) is 0.859. The van der Waals surface area contributed by atoms with E-state index in [2.05, 4.69) is 20.9 Å². The van der Waals surface area contributed by atoms with Gasteiger partial charge >= 0.3 is 6.18 Å². The lowest BCUT2D eigenvalue weighted by atomic mass is 10.1.